The summed E-state index contributed by atoms with van der Waals surface area (Å²) in [6, 6.07) is 7.02. The Balaban J connectivity index is 0.00000128. The van der Waals surface area contributed by atoms with Crippen LogP contribution in [0.25, 0.3) is 0 Å². The van der Waals surface area contributed by atoms with Crippen LogP contribution in [-0.4, -0.2) is 19.7 Å². The molecule has 3 heteroatoms. The maximum Gasteiger partial charge on any atom is 0.122 e. The third kappa shape index (κ3) is 2.69. The quantitative estimate of drug-likeness (QED) is 0.879. The molecule has 0 heterocycles. The number of nitrogens with one attached hydrogen (secondary N) is 1. The van der Waals surface area contributed by atoms with Gasteiger partial charge in [-0.3, -0.25) is 0 Å². The van der Waals surface area contributed by atoms with Gasteiger partial charge in [-0.1, -0.05) is 19.1 Å². The molecule has 1 N–H and O–H groups in total. The van der Waals surface area contributed by atoms with Gasteiger partial charge in [-0.05, 0) is 43.0 Å². The van der Waals surface area contributed by atoms with E-state index in [1.54, 1.807) is 7.11 Å². The molecule has 2 nitrogen and oxygen atoms in total. The summed E-state index contributed by atoms with van der Waals surface area (Å²) < 4.78 is 5.39. The fourth-order valence-corrected chi connectivity index (χ4v) is 2.43. The fourth-order valence-electron chi connectivity index (χ4n) is 2.43. The SMILES string of the molecule is CCNC1CCc2c(cccc2OC)C1.Cl. The van der Waals surface area contributed by atoms with Crippen LogP contribution in [-0.2, 0) is 12.8 Å². The van der Waals surface area contributed by atoms with E-state index in [1.165, 1.54) is 17.5 Å². The fraction of sp³-hybridized carbons (Fsp3) is 0.538. The van der Waals surface area contributed by atoms with Gasteiger partial charge in [-0.15, -0.1) is 12.4 Å². The zero-order chi connectivity index (χ0) is 10.7. The lowest BCUT2D eigenvalue weighted by molar-refractivity contribution is 0.398. The van der Waals surface area contributed by atoms with E-state index in [-0.39, 0.29) is 12.4 Å². The van der Waals surface area contributed by atoms with Gasteiger partial charge in [0.2, 0.25) is 0 Å². The highest BCUT2D eigenvalue weighted by Gasteiger charge is 2.19. The van der Waals surface area contributed by atoms with E-state index in [1.807, 2.05) is 0 Å². The first-order valence-corrected chi connectivity index (χ1v) is 5.73. The lowest BCUT2D eigenvalue weighted by atomic mass is 9.87. The molecule has 0 saturated carbocycles. The Kier molecular flexibility index (Phi) is 5.10. The number of halogens is 1. The van der Waals surface area contributed by atoms with Crippen LogP contribution in [0.2, 0.25) is 0 Å². The van der Waals surface area contributed by atoms with E-state index >= 15 is 0 Å². The second-order valence-corrected chi connectivity index (χ2v) is 4.10. The third-order valence-corrected chi connectivity index (χ3v) is 3.15. The Morgan fingerprint density at radius 3 is 2.94 bits per heavy atom. The number of likely N-dealkylation sites (N-methyl/N-ethyl adjacent to an activating group) is 1. The zero-order valence-electron chi connectivity index (χ0n) is 9.95. The second kappa shape index (κ2) is 6.12. The molecule has 0 aromatic heterocycles. The highest BCUT2D eigenvalue weighted by Crippen LogP contribution is 2.29. The van der Waals surface area contributed by atoms with Crippen molar-refractivity contribution >= 4 is 12.4 Å². The summed E-state index contributed by atoms with van der Waals surface area (Å²) in [5.41, 5.74) is 2.86. The first-order valence-electron chi connectivity index (χ1n) is 5.73. The minimum absolute atomic E-state index is 0. The second-order valence-electron chi connectivity index (χ2n) is 4.10. The van der Waals surface area contributed by atoms with Crippen LogP contribution in [0.5, 0.6) is 5.75 Å². The first kappa shape index (κ1) is 13.3. The molecule has 16 heavy (non-hydrogen) atoms. The van der Waals surface area contributed by atoms with Crippen LogP contribution in [0, 0.1) is 0 Å². The van der Waals surface area contributed by atoms with Crippen molar-refractivity contribution < 1.29 is 4.74 Å². The Bertz CT molecular complexity index is 341. The summed E-state index contributed by atoms with van der Waals surface area (Å²) in [6.45, 7) is 3.23. The van der Waals surface area contributed by atoms with Gasteiger partial charge in [0, 0.05) is 6.04 Å². The number of ether oxygens (including phenoxy) is 1. The molecular weight excluding hydrogens is 222 g/mol. The highest BCUT2D eigenvalue weighted by atomic mass is 35.5. The summed E-state index contributed by atoms with van der Waals surface area (Å²) in [5.74, 6) is 1.06. The average Bonchev–Trinajstić information content (AvgIpc) is 2.28. The average molecular weight is 242 g/mol. The number of methoxy groups -OCH3 is 1. The van der Waals surface area contributed by atoms with Crippen LogP contribution in [0.3, 0.4) is 0 Å². The Morgan fingerprint density at radius 1 is 1.44 bits per heavy atom. The van der Waals surface area contributed by atoms with Crippen molar-refractivity contribution in [2.24, 2.45) is 0 Å². The summed E-state index contributed by atoms with van der Waals surface area (Å²) in [7, 11) is 1.76. The molecule has 90 valence electrons. The summed E-state index contributed by atoms with van der Waals surface area (Å²) >= 11 is 0. The third-order valence-electron chi connectivity index (χ3n) is 3.15. The lowest BCUT2D eigenvalue weighted by Crippen LogP contribution is -2.34. The summed E-state index contributed by atoms with van der Waals surface area (Å²) in [5, 5.41) is 3.52. The minimum atomic E-state index is 0. The normalized spacial score (nSPS) is 18.5. The van der Waals surface area contributed by atoms with Crippen molar-refractivity contribution in [2.45, 2.75) is 32.2 Å². The van der Waals surface area contributed by atoms with E-state index in [2.05, 4.69) is 30.4 Å². The van der Waals surface area contributed by atoms with Crippen LogP contribution in [0.1, 0.15) is 24.5 Å². The van der Waals surface area contributed by atoms with Crippen LogP contribution < -0.4 is 10.1 Å². The molecular formula is C13H20ClNO. The molecule has 0 radical (unpaired) electrons. The first-order chi connectivity index (χ1) is 7.35. The van der Waals surface area contributed by atoms with Gasteiger partial charge in [0.15, 0.2) is 0 Å². The summed E-state index contributed by atoms with van der Waals surface area (Å²) in [6.07, 6.45) is 3.50. The Morgan fingerprint density at radius 2 is 2.25 bits per heavy atom. The minimum Gasteiger partial charge on any atom is -0.496 e. The van der Waals surface area contributed by atoms with Gasteiger partial charge >= 0.3 is 0 Å². The number of hydrogen-bond acceptors (Lipinski definition) is 2. The summed E-state index contributed by atoms with van der Waals surface area (Å²) in [4.78, 5) is 0. The maximum atomic E-state index is 5.39. The van der Waals surface area contributed by atoms with E-state index in [0.29, 0.717) is 6.04 Å². The van der Waals surface area contributed by atoms with E-state index in [9.17, 15) is 0 Å². The van der Waals surface area contributed by atoms with Crippen LogP contribution in [0.15, 0.2) is 18.2 Å². The van der Waals surface area contributed by atoms with Gasteiger partial charge in [-0.25, -0.2) is 0 Å². The van der Waals surface area contributed by atoms with Crippen molar-refractivity contribution in [3.8, 4) is 5.75 Å². The van der Waals surface area contributed by atoms with E-state index in [0.717, 1.165) is 25.1 Å². The topological polar surface area (TPSA) is 21.3 Å². The van der Waals surface area contributed by atoms with Gasteiger partial charge in [0.1, 0.15) is 5.75 Å². The molecule has 0 aliphatic heterocycles. The smallest absolute Gasteiger partial charge is 0.122 e. The number of rotatable bonds is 3. The predicted molar refractivity (Wildman–Crippen MR) is 69.7 cm³/mol. The Labute approximate surface area is 104 Å². The van der Waals surface area contributed by atoms with Crippen molar-refractivity contribution in [1.29, 1.82) is 0 Å². The molecule has 0 amide bonds. The maximum absolute atomic E-state index is 5.39. The molecule has 1 aromatic carbocycles. The number of fused-ring (bicyclic) bond motifs is 1. The molecule has 0 spiro atoms. The molecule has 0 fully saturated rings. The highest BCUT2D eigenvalue weighted by molar-refractivity contribution is 5.85. The van der Waals surface area contributed by atoms with Crippen molar-refractivity contribution in [3.63, 3.8) is 0 Å². The monoisotopic (exact) mass is 241 g/mol. The number of benzene rings is 1. The van der Waals surface area contributed by atoms with Gasteiger partial charge in [0.25, 0.3) is 0 Å². The molecule has 0 bridgehead atoms. The molecule has 1 unspecified atom stereocenters. The standard InChI is InChI=1S/C13H19NO.ClH/c1-3-14-11-7-8-12-10(9-11)5-4-6-13(12)15-2;/h4-6,11,14H,3,7-9H2,1-2H3;1H. The van der Waals surface area contributed by atoms with Gasteiger partial charge in [-0.2, -0.15) is 0 Å². The molecule has 2 rings (SSSR count). The predicted octanol–water partition coefficient (Wildman–Crippen LogP) is 2.58. The van der Waals surface area contributed by atoms with E-state index in [4.69, 9.17) is 4.74 Å². The molecule has 0 saturated heterocycles. The lowest BCUT2D eigenvalue weighted by Gasteiger charge is -2.26. The molecule has 1 aromatic rings. The van der Waals surface area contributed by atoms with Crippen LogP contribution >= 0.6 is 12.4 Å². The molecule has 1 aliphatic rings. The van der Waals surface area contributed by atoms with Crippen molar-refractivity contribution in [2.75, 3.05) is 13.7 Å². The molecule has 1 atom stereocenters. The van der Waals surface area contributed by atoms with Gasteiger partial charge in [0.05, 0.1) is 7.11 Å². The number of hydrogen-bond donors (Lipinski definition) is 1. The van der Waals surface area contributed by atoms with Crippen LogP contribution in [0.4, 0.5) is 0 Å². The van der Waals surface area contributed by atoms with Crippen molar-refractivity contribution in [1.82, 2.24) is 5.32 Å². The Hall–Kier alpha value is -0.730. The zero-order valence-corrected chi connectivity index (χ0v) is 10.8. The van der Waals surface area contributed by atoms with Crippen molar-refractivity contribution in [3.05, 3.63) is 29.3 Å². The largest absolute Gasteiger partial charge is 0.496 e. The van der Waals surface area contributed by atoms with Gasteiger partial charge < -0.3 is 10.1 Å². The van der Waals surface area contributed by atoms with E-state index < -0.39 is 0 Å². The molecule has 1 aliphatic carbocycles.